The molecule has 3 heterocycles. The van der Waals surface area contributed by atoms with Crippen molar-refractivity contribution in [1.82, 2.24) is 9.96 Å². The lowest BCUT2D eigenvalue weighted by atomic mass is 9.98. The first-order valence-corrected chi connectivity index (χ1v) is 14.6. The average molecular weight is 591 g/mol. The number of nitrogens with zero attached hydrogens (tertiary/aromatic N) is 2. The van der Waals surface area contributed by atoms with Gasteiger partial charge >= 0.3 is 5.97 Å². The number of hydroxylamine groups is 2. The van der Waals surface area contributed by atoms with Crippen molar-refractivity contribution < 1.29 is 59.0 Å². The molecular weight excluding hydrogens is 544 g/mol. The molecule has 0 radical (unpaired) electrons. The third-order valence-corrected chi connectivity index (χ3v) is 7.76. The van der Waals surface area contributed by atoms with Crippen molar-refractivity contribution >= 4 is 17.8 Å². The average Bonchev–Trinajstić information content (AvgIpc) is 3.26. The number of unbranched alkanes of at least 4 members (excludes halogenated alkanes) is 2. The number of ether oxygens (including phenoxy) is 3. The Hall–Kier alpha value is -1.75. The van der Waals surface area contributed by atoms with Crippen LogP contribution in [0, 0.1) is 0 Å². The Morgan fingerprint density at radius 1 is 0.902 bits per heavy atom. The minimum atomic E-state index is -1.51. The van der Waals surface area contributed by atoms with Crippen LogP contribution in [-0.4, -0.2) is 135 Å². The molecule has 0 saturated carbocycles. The maximum atomic E-state index is 12.0. The summed E-state index contributed by atoms with van der Waals surface area (Å²) < 4.78 is 17.0. The molecule has 3 aliphatic heterocycles. The van der Waals surface area contributed by atoms with E-state index >= 15 is 0 Å². The van der Waals surface area contributed by atoms with Gasteiger partial charge in [0, 0.05) is 25.8 Å². The molecule has 0 unspecified atom stereocenters. The van der Waals surface area contributed by atoms with E-state index in [1.807, 2.05) is 6.92 Å². The molecular formula is C27H46N2O12. The molecule has 2 amide bonds. The van der Waals surface area contributed by atoms with Crippen LogP contribution in [0.25, 0.3) is 0 Å². The van der Waals surface area contributed by atoms with Crippen molar-refractivity contribution in [2.45, 2.75) is 120 Å². The van der Waals surface area contributed by atoms with Crippen LogP contribution in [0.2, 0.25) is 0 Å². The van der Waals surface area contributed by atoms with Crippen molar-refractivity contribution in [2.24, 2.45) is 0 Å². The van der Waals surface area contributed by atoms with Gasteiger partial charge in [-0.25, -0.2) is 4.79 Å². The summed E-state index contributed by atoms with van der Waals surface area (Å²) in [6.45, 7) is 3.41. The molecule has 0 aromatic rings. The van der Waals surface area contributed by atoms with Gasteiger partial charge in [0.2, 0.25) is 0 Å². The molecule has 0 aliphatic carbocycles. The molecule has 14 heteroatoms. The largest absolute Gasteiger partial charge is 0.394 e. The number of amides is 2. The molecule has 8 atom stereocenters. The minimum absolute atomic E-state index is 0.0485. The van der Waals surface area contributed by atoms with Crippen LogP contribution >= 0.6 is 0 Å². The second-order valence-electron chi connectivity index (χ2n) is 11.0. The van der Waals surface area contributed by atoms with Crippen LogP contribution in [0.15, 0.2) is 0 Å². The second kappa shape index (κ2) is 16.8. The Bertz CT molecular complexity index is 829. The maximum Gasteiger partial charge on any atom is 0.333 e. The predicted octanol–water partition coefficient (Wildman–Crippen LogP) is -1.02. The third-order valence-electron chi connectivity index (χ3n) is 7.76. The molecule has 3 aliphatic rings. The van der Waals surface area contributed by atoms with Crippen LogP contribution in [-0.2, 0) is 33.4 Å². The van der Waals surface area contributed by atoms with Gasteiger partial charge in [0.25, 0.3) is 11.8 Å². The Morgan fingerprint density at radius 3 is 2.32 bits per heavy atom. The molecule has 0 aromatic heterocycles. The molecule has 3 saturated heterocycles. The number of aliphatic hydroxyl groups excluding tert-OH is 5. The summed E-state index contributed by atoms with van der Waals surface area (Å²) in [5.74, 6) is -1.64. The SMILES string of the molecule is C[C@H]1CC[C@H](O)[C@H](CCCN(CCCCCC(=O)ON2C(=O)CCC2=O)CCO[C@H]2O[C@H](CO)[C@@H](O)[C@H](O)[C@@H]2O)O1. The van der Waals surface area contributed by atoms with Crippen LogP contribution in [0.1, 0.15) is 71.1 Å². The summed E-state index contributed by atoms with van der Waals surface area (Å²) >= 11 is 0. The predicted molar refractivity (Wildman–Crippen MR) is 141 cm³/mol. The lowest BCUT2D eigenvalue weighted by molar-refractivity contribution is -0.301. The summed E-state index contributed by atoms with van der Waals surface area (Å²) in [5, 5.41) is 50.3. The molecule has 41 heavy (non-hydrogen) atoms. The van der Waals surface area contributed by atoms with Crippen molar-refractivity contribution in [3.63, 3.8) is 0 Å². The van der Waals surface area contributed by atoms with E-state index in [9.17, 15) is 39.9 Å². The molecule has 236 valence electrons. The monoisotopic (exact) mass is 590 g/mol. The highest BCUT2D eigenvalue weighted by molar-refractivity contribution is 6.01. The summed E-state index contributed by atoms with van der Waals surface area (Å²) in [6, 6.07) is 0. The zero-order chi connectivity index (χ0) is 29.9. The van der Waals surface area contributed by atoms with Gasteiger partial charge in [-0.15, -0.1) is 5.06 Å². The van der Waals surface area contributed by atoms with Crippen LogP contribution in [0.3, 0.4) is 0 Å². The first-order chi connectivity index (χ1) is 19.6. The number of hydrogen-bond donors (Lipinski definition) is 5. The van der Waals surface area contributed by atoms with E-state index in [0.717, 1.165) is 19.3 Å². The number of imide groups is 1. The Balaban J connectivity index is 1.42. The quantitative estimate of drug-likeness (QED) is 0.108. The molecule has 0 aromatic carbocycles. The number of aliphatic hydroxyl groups is 5. The molecule has 0 bridgehead atoms. The van der Waals surface area contributed by atoms with Gasteiger partial charge in [0.05, 0.1) is 31.5 Å². The lowest BCUT2D eigenvalue weighted by Gasteiger charge is -2.39. The van der Waals surface area contributed by atoms with Crippen LogP contribution < -0.4 is 0 Å². The van der Waals surface area contributed by atoms with Gasteiger partial charge in [-0.2, -0.15) is 0 Å². The summed E-state index contributed by atoms with van der Waals surface area (Å²) in [6.07, 6.45) is -2.16. The van der Waals surface area contributed by atoms with Crippen molar-refractivity contribution in [3.8, 4) is 0 Å². The van der Waals surface area contributed by atoms with Gasteiger partial charge in [-0.3, -0.25) is 9.59 Å². The molecule has 3 rings (SSSR count). The molecule has 3 fully saturated rings. The number of rotatable bonds is 16. The van der Waals surface area contributed by atoms with Gasteiger partial charge in [0.1, 0.15) is 24.4 Å². The fourth-order valence-corrected chi connectivity index (χ4v) is 5.25. The van der Waals surface area contributed by atoms with Crippen LogP contribution in [0.4, 0.5) is 0 Å². The highest BCUT2D eigenvalue weighted by atomic mass is 16.7. The van der Waals surface area contributed by atoms with Crippen molar-refractivity contribution in [3.05, 3.63) is 0 Å². The van der Waals surface area contributed by atoms with E-state index < -0.39 is 61.2 Å². The fourth-order valence-electron chi connectivity index (χ4n) is 5.25. The first kappa shape index (κ1) is 33.7. The smallest absolute Gasteiger partial charge is 0.333 e. The number of hydrogen-bond acceptors (Lipinski definition) is 13. The standard InChI is InChI=1S/C27H46N2O12/c1-17-8-9-18(31)19(39-17)6-5-13-28(14-15-38-27-26(37)25(36)24(35)20(16-30)40-27)12-4-2-3-7-23(34)41-29-21(32)10-11-22(29)33/h17-20,24-27,30-31,35-37H,2-16H2,1H3/t17-,18-,19-,20+,24+,25-,26-,27-/m0/s1. The zero-order valence-electron chi connectivity index (χ0n) is 23.7. The first-order valence-electron chi connectivity index (χ1n) is 14.6. The van der Waals surface area contributed by atoms with E-state index in [1.54, 1.807) is 0 Å². The summed E-state index contributed by atoms with van der Waals surface area (Å²) in [7, 11) is 0. The molecule has 0 spiro atoms. The summed E-state index contributed by atoms with van der Waals surface area (Å²) in [5.41, 5.74) is 0. The maximum absolute atomic E-state index is 12.0. The van der Waals surface area contributed by atoms with E-state index in [4.69, 9.17) is 19.0 Å². The van der Waals surface area contributed by atoms with Gasteiger partial charge in [0.15, 0.2) is 6.29 Å². The lowest BCUT2D eigenvalue weighted by Crippen LogP contribution is -2.59. The normalized spacial score (nSPS) is 32.6. The third kappa shape index (κ3) is 10.2. The minimum Gasteiger partial charge on any atom is -0.394 e. The second-order valence-corrected chi connectivity index (χ2v) is 11.0. The zero-order valence-corrected chi connectivity index (χ0v) is 23.7. The Morgan fingerprint density at radius 2 is 1.61 bits per heavy atom. The van der Waals surface area contributed by atoms with E-state index in [-0.39, 0.29) is 38.1 Å². The van der Waals surface area contributed by atoms with Crippen molar-refractivity contribution in [2.75, 3.05) is 32.8 Å². The topological polar surface area (TPSA) is 196 Å². The van der Waals surface area contributed by atoms with Crippen LogP contribution in [0.5, 0.6) is 0 Å². The number of carbonyl (C=O) groups excluding carboxylic acids is 3. The Kier molecular flexibility index (Phi) is 13.8. The fraction of sp³-hybridized carbons (Fsp3) is 0.889. The van der Waals surface area contributed by atoms with Gasteiger partial charge in [-0.1, -0.05) is 6.42 Å². The highest BCUT2D eigenvalue weighted by Crippen LogP contribution is 2.24. The highest BCUT2D eigenvalue weighted by Gasteiger charge is 2.44. The van der Waals surface area contributed by atoms with Gasteiger partial charge < -0.3 is 49.5 Å². The number of carbonyl (C=O) groups is 3. The van der Waals surface area contributed by atoms with E-state index in [1.165, 1.54) is 0 Å². The van der Waals surface area contributed by atoms with E-state index in [0.29, 0.717) is 50.4 Å². The van der Waals surface area contributed by atoms with E-state index in [2.05, 4.69) is 4.90 Å². The molecule has 5 N–H and O–H groups in total. The summed E-state index contributed by atoms with van der Waals surface area (Å²) in [4.78, 5) is 42.2. The molecule has 14 nitrogen and oxygen atoms in total. The van der Waals surface area contributed by atoms with Gasteiger partial charge in [-0.05, 0) is 58.5 Å². The Labute approximate surface area is 240 Å². The van der Waals surface area contributed by atoms with Crippen molar-refractivity contribution in [1.29, 1.82) is 0 Å².